The van der Waals surface area contributed by atoms with E-state index < -0.39 is 0 Å². The van der Waals surface area contributed by atoms with E-state index in [-0.39, 0.29) is 0 Å². The van der Waals surface area contributed by atoms with Crippen LogP contribution in [0.1, 0.15) is 11.3 Å². The Morgan fingerprint density at radius 1 is 1.42 bits per heavy atom. The molecule has 0 amide bonds. The molecule has 0 fully saturated rings. The third-order valence-corrected chi connectivity index (χ3v) is 3.01. The molecule has 0 spiro atoms. The molecule has 62 valence electrons. The van der Waals surface area contributed by atoms with Crippen molar-refractivity contribution in [2.45, 2.75) is 13.8 Å². The molecule has 0 atom stereocenters. The highest BCUT2D eigenvalue weighted by Gasteiger charge is 2.07. The maximum absolute atomic E-state index is 4.24. The molecule has 0 aliphatic rings. The first-order chi connectivity index (χ1) is 5.70. The van der Waals surface area contributed by atoms with E-state index >= 15 is 0 Å². The van der Waals surface area contributed by atoms with Gasteiger partial charge < -0.3 is 4.98 Å². The minimum Gasteiger partial charge on any atom is -0.342 e. The van der Waals surface area contributed by atoms with Gasteiger partial charge in [0.05, 0.1) is 0 Å². The van der Waals surface area contributed by atoms with Crippen LogP contribution in [-0.4, -0.2) is 9.97 Å². The lowest BCUT2D eigenvalue weighted by atomic mass is 10.2. The summed E-state index contributed by atoms with van der Waals surface area (Å²) in [6.45, 7) is 4.12. The second-order valence-electron chi connectivity index (χ2n) is 2.92. The summed E-state index contributed by atoms with van der Waals surface area (Å²) in [7, 11) is 0. The van der Waals surface area contributed by atoms with Crippen molar-refractivity contribution in [3.05, 3.63) is 28.0 Å². The van der Waals surface area contributed by atoms with Crippen LogP contribution in [0.2, 0.25) is 0 Å². The van der Waals surface area contributed by atoms with E-state index in [1.165, 1.54) is 10.9 Å². The lowest BCUT2D eigenvalue weighted by Crippen LogP contribution is -1.78. The number of pyridine rings is 1. The first-order valence-corrected chi connectivity index (χ1v) is 4.59. The molecule has 0 radical (unpaired) electrons. The number of hydrogen-bond acceptors (Lipinski definition) is 1. The first kappa shape index (κ1) is 7.80. The Morgan fingerprint density at radius 2 is 2.17 bits per heavy atom. The molecule has 0 unspecified atom stereocenters. The zero-order chi connectivity index (χ0) is 8.72. The number of fused-ring (bicyclic) bond motifs is 1. The van der Waals surface area contributed by atoms with Gasteiger partial charge in [0.25, 0.3) is 0 Å². The number of aromatic nitrogens is 2. The molecule has 2 heterocycles. The van der Waals surface area contributed by atoms with E-state index in [1.807, 2.05) is 19.2 Å². The number of aromatic amines is 1. The standard InChI is InChI=1S/C9H9BrN2/c1-5-3-4-11-9-7(5)8(10)6(2)12-9/h3-4H,1-2H3,(H,11,12). The van der Waals surface area contributed by atoms with Crippen molar-refractivity contribution in [1.29, 1.82) is 0 Å². The van der Waals surface area contributed by atoms with Crippen molar-refractivity contribution >= 4 is 27.0 Å². The van der Waals surface area contributed by atoms with Crippen LogP contribution in [0.4, 0.5) is 0 Å². The normalized spacial score (nSPS) is 10.9. The molecule has 0 bridgehead atoms. The topological polar surface area (TPSA) is 28.7 Å². The number of nitrogens with zero attached hydrogens (tertiary/aromatic N) is 1. The number of halogens is 1. The molecule has 2 aromatic heterocycles. The SMILES string of the molecule is Cc1[nH]c2nccc(C)c2c1Br. The summed E-state index contributed by atoms with van der Waals surface area (Å²) in [6.07, 6.45) is 1.82. The van der Waals surface area contributed by atoms with Gasteiger partial charge in [-0.05, 0) is 41.4 Å². The van der Waals surface area contributed by atoms with E-state index in [2.05, 4.69) is 32.8 Å². The van der Waals surface area contributed by atoms with Crippen LogP contribution in [0.3, 0.4) is 0 Å². The van der Waals surface area contributed by atoms with Crippen molar-refractivity contribution in [1.82, 2.24) is 9.97 Å². The Balaban J connectivity index is 2.97. The number of hydrogen-bond donors (Lipinski definition) is 1. The number of nitrogens with one attached hydrogen (secondary N) is 1. The maximum atomic E-state index is 4.24. The van der Waals surface area contributed by atoms with E-state index in [0.717, 1.165) is 15.8 Å². The summed E-state index contributed by atoms with van der Waals surface area (Å²) in [5.41, 5.74) is 3.34. The number of H-pyrrole nitrogens is 1. The van der Waals surface area contributed by atoms with Gasteiger partial charge in [-0.3, -0.25) is 0 Å². The molecule has 3 heteroatoms. The Morgan fingerprint density at radius 3 is 2.83 bits per heavy atom. The quantitative estimate of drug-likeness (QED) is 0.733. The Labute approximate surface area is 79.1 Å². The van der Waals surface area contributed by atoms with Crippen molar-refractivity contribution in [3.63, 3.8) is 0 Å². The molecule has 0 aromatic carbocycles. The monoisotopic (exact) mass is 224 g/mol. The molecule has 0 saturated carbocycles. The van der Waals surface area contributed by atoms with Crippen molar-refractivity contribution in [2.24, 2.45) is 0 Å². The highest BCUT2D eigenvalue weighted by Crippen LogP contribution is 2.28. The van der Waals surface area contributed by atoms with Crippen LogP contribution in [0, 0.1) is 13.8 Å². The maximum Gasteiger partial charge on any atom is 0.138 e. The van der Waals surface area contributed by atoms with Gasteiger partial charge in [0.2, 0.25) is 0 Å². The smallest absolute Gasteiger partial charge is 0.138 e. The van der Waals surface area contributed by atoms with Crippen LogP contribution in [0.5, 0.6) is 0 Å². The Hall–Kier alpha value is -0.830. The second kappa shape index (κ2) is 2.59. The second-order valence-corrected chi connectivity index (χ2v) is 3.71. The number of aryl methyl sites for hydroxylation is 2. The molecule has 2 aromatic rings. The van der Waals surface area contributed by atoms with Gasteiger partial charge in [0.1, 0.15) is 5.65 Å². The van der Waals surface area contributed by atoms with Gasteiger partial charge in [-0.1, -0.05) is 0 Å². The summed E-state index contributed by atoms with van der Waals surface area (Å²) in [5, 5.41) is 1.19. The summed E-state index contributed by atoms with van der Waals surface area (Å²) in [5.74, 6) is 0. The summed E-state index contributed by atoms with van der Waals surface area (Å²) < 4.78 is 1.13. The molecule has 2 nitrogen and oxygen atoms in total. The van der Waals surface area contributed by atoms with Crippen LogP contribution in [0.15, 0.2) is 16.7 Å². The van der Waals surface area contributed by atoms with Crippen molar-refractivity contribution < 1.29 is 0 Å². The molecule has 0 saturated heterocycles. The van der Waals surface area contributed by atoms with Crippen LogP contribution < -0.4 is 0 Å². The van der Waals surface area contributed by atoms with Gasteiger partial charge in [0, 0.05) is 21.7 Å². The van der Waals surface area contributed by atoms with Crippen LogP contribution in [0.25, 0.3) is 11.0 Å². The van der Waals surface area contributed by atoms with E-state index in [0.29, 0.717) is 0 Å². The van der Waals surface area contributed by atoms with Crippen molar-refractivity contribution in [2.75, 3.05) is 0 Å². The fourth-order valence-electron chi connectivity index (χ4n) is 1.35. The lowest BCUT2D eigenvalue weighted by molar-refractivity contribution is 1.24. The van der Waals surface area contributed by atoms with E-state index in [4.69, 9.17) is 0 Å². The molecular weight excluding hydrogens is 216 g/mol. The fraction of sp³-hybridized carbons (Fsp3) is 0.222. The predicted octanol–water partition coefficient (Wildman–Crippen LogP) is 2.94. The van der Waals surface area contributed by atoms with Gasteiger partial charge in [-0.2, -0.15) is 0 Å². The molecule has 0 aliphatic carbocycles. The highest BCUT2D eigenvalue weighted by molar-refractivity contribution is 9.10. The summed E-state index contributed by atoms with van der Waals surface area (Å²) in [6, 6.07) is 2.01. The average Bonchev–Trinajstić information content (AvgIpc) is 2.29. The van der Waals surface area contributed by atoms with Crippen LogP contribution in [-0.2, 0) is 0 Å². The minimum absolute atomic E-state index is 0.958. The van der Waals surface area contributed by atoms with Gasteiger partial charge in [0.15, 0.2) is 0 Å². The van der Waals surface area contributed by atoms with E-state index in [1.54, 1.807) is 0 Å². The molecular formula is C9H9BrN2. The van der Waals surface area contributed by atoms with Gasteiger partial charge in [-0.15, -0.1) is 0 Å². The zero-order valence-electron chi connectivity index (χ0n) is 6.98. The van der Waals surface area contributed by atoms with E-state index in [9.17, 15) is 0 Å². The first-order valence-electron chi connectivity index (χ1n) is 3.79. The minimum atomic E-state index is 0.958. The Kier molecular flexibility index (Phi) is 1.68. The largest absolute Gasteiger partial charge is 0.342 e. The zero-order valence-corrected chi connectivity index (χ0v) is 8.57. The molecule has 0 aliphatic heterocycles. The predicted molar refractivity (Wildman–Crippen MR) is 53.3 cm³/mol. The highest BCUT2D eigenvalue weighted by atomic mass is 79.9. The van der Waals surface area contributed by atoms with Crippen LogP contribution >= 0.6 is 15.9 Å². The van der Waals surface area contributed by atoms with Gasteiger partial charge in [-0.25, -0.2) is 4.98 Å². The summed E-state index contributed by atoms with van der Waals surface area (Å²) in [4.78, 5) is 7.45. The molecule has 12 heavy (non-hydrogen) atoms. The Bertz CT molecular complexity index is 431. The van der Waals surface area contributed by atoms with Gasteiger partial charge >= 0.3 is 0 Å². The summed E-state index contributed by atoms with van der Waals surface area (Å²) >= 11 is 3.53. The van der Waals surface area contributed by atoms with Crippen molar-refractivity contribution in [3.8, 4) is 0 Å². The third kappa shape index (κ3) is 0.966. The lowest BCUT2D eigenvalue weighted by Gasteiger charge is -1.93. The molecule has 1 N–H and O–H groups in total. The number of rotatable bonds is 0. The third-order valence-electron chi connectivity index (χ3n) is 2.01. The molecule has 2 rings (SSSR count). The average molecular weight is 225 g/mol. The fourth-order valence-corrected chi connectivity index (χ4v) is 1.95.